The number of methoxy groups -OCH3 is 1. The summed E-state index contributed by atoms with van der Waals surface area (Å²) >= 11 is 0. The molecule has 2 aromatic rings. The Kier molecular flexibility index (Phi) is 6.69. The predicted octanol–water partition coefficient (Wildman–Crippen LogP) is 1.70. The number of anilines is 3. The maximum absolute atomic E-state index is 12.8. The van der Waals surface area contributed by atoms with E-state index in [0.29, 0.717) is 29.0 Å². The van der Waals surface area contributed by atoms with Crippen LogP contribution in [0, 0.1) is 0 Å². The van der Waals surface area contributed by atoms with E-state index in [1.807, 2.05) is 24.3 Å². The fraction of sp³-hybridized carbons (Fsp3) is 0.455. The maximum atomic E-state index is 12.8. The summed E-state index contributed by atoms with van der Waals surface area (Å²) in [6.07, 6.45) is 2.62. The smallest absolute Gasteiger partial charge is 0.309 e. The molecular weight excluding hydrogens is 430 g/mol. The predicted molar refractivity (Wildman–Crippen MR) is 122 cm³/mol. The average molecular weight is 458 g/mol. The summed E-state index contributed by atoms with van der Waals surface area (Å²) in [5.74, 6) is 1.39. The molecule has 0 saturated carbocycles. The number of aromatic nitrogens is 2. The second-order valence-electron chi connectivity index (χ2n) is 8.01. The van der Waals surface area contributed by atoms with Crippen molar-refractivity contribution in [3.63, 3.8) is 0 Å². The van der Waals surface area contributed by atoms with E-state index in [0.717, 1.165) is 42.8 Å². The summed E-state index contributed by atoms with van der Waals surface area (Å²) in [5, 5.41) is 6.26. The van der Waals surface area contributed by atoms with Crippen LogP contribution in [0.15, 0.2) is 29.2 Å². The highest BCUT2D eigenvalue weighted by Crippen LogP contribution is 2.32. The van der Waals surface area contributed by atoms with Crippen molar-refractivity contribution in [1.82, 2.24) is 15.3 Å². The van der Waals surface area contributed by atoms with Gasteiger partial charge >= 0.3 is 5.97 Å². The molecule has 1 aromatic carbocycles. The van der Waals surface area contributed by atoms with Crippen LogP contribution in [0.25, 0.3) is 0 Å². The number of carbonyl (C=O) groups is 2. The average Bonchev–Trinajstić information content (AvgIpc) is 3.22. The lowest BCUT2D eigenvalue weighted by Gasteiger charge is -2.23. The first-order chi connectivity index (χ1) is 15.4. The number of fused-ring (bicyclic) bond motifs is 1. The van der Waals surface area contributed by atoms with Gasteiger partial charge in [0.1, 0.15) is 4.90 Å². The van der Waals surface area contributed by atoms with E-state index in [-0.39, 0.29) is 24.3 Å². The van der Waals surface area contributed by atoms with E-state index in [9.17, 15) is 13.8 Å². The molecule has 3 heterocycles. The quantitative estimate of drug-likeness (QED) is 0.630. The molecule has 170 valence electrons. The molecule has 2 atom stereocenters. The topological polar surface area (TPSA) is 114 Å². The Labute approximate surface area is 189 Å². The van der Waals surface area contributed by atoms with E-state index in [1.54, 1.807) is 0 Å². The van der Waals surface area contributed by atoms with Gasteiger partial charge in [0.2, 0.25) is 11.9 Å². The minimum absolute atomic E-state index is 0.0448. The summed E-state index contributed by atoms with van der Waals surface area (Å²) in [7, 11) is 0.205. The number of hydrogen-bond donors (Lipinski definition) is 2. The van der Waals surface area contributed by atoms with E-state index in [2.05, 4.69) is 15.5 Å². The first-order valence-corrected chi connectivity index (χ1v) is 12.0. The van der Waals surface area contributed by atoms with Crippen LogP contribution in [0.2, 0.25) is 0 Å². The second-order valence-corrected chi connectivity index (χ2v) is 9.52. The lowest BCUT2D eigenvalue weighted by atomic mass is 10.1. The number of nitrogens with one attached hydrogen (secondary N) is 2. The number of rotatable bonds is 6. The Hall–Kier alpha value is -3.01. The largest absolute Gasteiger partial charge is 0.469 e. The Balaban J connectivity index is 1.59. The first kappa shape index (κ1) is 22.2. The van der Waals surface area contributed by atoms with Gasteiger partial charge in [-0.15, -0.1) is 0 Å². The van der Waals surface area contributed by atoms with Crippen molar-refractivity contribution in [2.24, 2.45) is 0 Å². The number of aryl methyl sites for hydroxylation is 1. The summed E-state index contributed by atoms with van der Waals surface area (Å²) in [6.45, 7) is 2.91. The molecule has 0 spiro atoms. The molecule has 0 aliphatic carbocycles. The number of nitrogens with zero attached hydrogens (tertiary/aromatic N) is 3. The van der Waals surface area contributed by atoms with Crippen molar-refractivity contribution >= 4 is 40.1 Å². The van der Waals surface area contributed by atoms with Crippen molar-refractivity contribution in [2.45, 2.75) is 43.5 Å². The van der Waals surface area contributed by atoms with Crippen molar-refractivity contribution in [1.29, 1.82) is 0 Å². The van der Waals surface area contributed by atoms with E-state index in [1.165, 1.54) is 14.0 Å². The van der Waals surface area contributed by atoms with Crippen LogP contribution in [0.4, 0.5) is 17.5 Å². The second kappa shape index (κ2) is 9.64. The van der Waals surface area contributed by atoms with Gasteiger partial charge in [-0.25, -0.2) is 4.98 Å². The van der Waals surface area contributed by atoms with Crippen LogP contribution < -0.4 is 15.5 Å². The van der Waals surface area contributed by atoms with Crippen LogP contribution in [0.1, 0.15) is 31.0 Å². The van der Waals surface area contributed by atoms with Crippen LogP contribution in [0.5, 0.6) is 0 Å². The molecule has 0 unspecified atom stereocenters. The molecule has 0 bridgehead atoms. The highest BCUT2D eigenvalue weighted by molar-refractivity contribution is 7.85. The van der Waals surface area contributed by atoms with Gasteiger partial charge in [-0.3, -0.25) is 13.8 Å². The Bertz CT molecular complexity index is 1040. The van der Waals surface area contributed by atoms with Gasteiger partial charge in [0.25, 0.3) is 0 Å². The van der Waals surface area contributed by atoms with Gasteiger partial charge in [0.05, 0.1) is 30.0 Å². The Morgan fingerprint density at radius 2 is 2.03 bits per heavy atom. The molecule has 32 heavy (non-hydrogen) atoms. The molecule has 4 rings (SSSR count). The standard InChI is InChI=1S/C22H27N5O4S/c1-14(28)23-17-9-10-27(13-17)22-25-18-4-3-11-32(30)20(18)21(26-22)24-16-7-5-15(6-8-16)12-19(29)31-2/h5-8,17H,3-4,9-13H2,1-2H3,(H,23,28)(H,24,25,26)/t17-,32-/m1/s1. The third kappa shape index (κ3) is 5.07. The van der Waals surface area contributed by atoms with Crippen molar-refractivity contribution in [3.8, 4) is 0 Å². The number of carbonyl (C=O) groups excluding carboxylic acids is 2. The summed E-state index contributed by atoms with van der Waals surface area (Å²) in [6, 6.07) is 7.49. The SMILES string of the molecule is COC(=O)Cc1ccc(Nc2nc(N3CC[C@@H](NC(C)=O)C3)nc3c2[S@](=O)CCC3)cc1. The first-order valence-electron chi connectivity index (χ1n) is 10.7. The van der Waals surface area contributed by atoms with Crippen molar-refractivity contribution in [3.05, 3.63) is 35.5 Å². The zero-order valence-corrected chi connectivity index (χ0v) is 19.0. The zero-order chi connectivity index (χ0) is 22.7. The molecule has 9 nitrogen and oxygen atoms in total. The maximum Gasteiger partial charge on any atom is 0.309 e. The van der Waals surface area contributed by atoms with Crippen LogP contribution in [-0.2, 0) is 38.0 Å². The number of benzene rings is 1. The van der Waals surface area contributed by atoms with Gasteiger partial charge < -0.3 is 20.3 Å². The molecule has 10 heteroatoms. The van der Waals surface area contributed by atoms with Crippen LogP contribution >= 0.6 is 0 Å². The third-order valence-corrected chi connectivity index (χ3v) is 7.11. The highest BCUT2D eigenvalue weighted by atomic mass is 32.2. The molecule has 2 aliphatic rings. The zero-order valence-electron chi connectivity index (χ0n) is 18.2. The minimum atomic E-state index is -1.16. The summed E-state index contributed by atoms with van der Waals surface area (Å²) in [4.78, 5) is 35.1. The molecule has 0 radical (unpaired) electrons. The third-order valence-electron chi connectivity index (χ3n) is 5.57. The molecular formula is C22H27N5O4S. The number of ether oxygens (including phenoxy) is 1. The monoisotopic (exact) mass is 457 g/mol. The van der Waals surface area contributed by atoms with Crippen LogP contribution in [0.3, 0.4) is 0 Å². The van der Waals surface area contributed by atoms with Gasteiger partial charge in [-0.05, 0) is 37.0 Å². The normalized spacial score (nSPS) is 19.9. The molecule has 1 amide bonds. The van der Waals surface area contributed by atoms with E-state index >= 15 is 0 Å². The lowest BCUT2D eigenvalue weighted by Crippen LogP contribution is -2.36. The molecule has 2 N–H and O–H groups in total. The Morgan fingerprint density at radius 1 is 1.25 bits per heavy atom. The van der Waals surface area contributed by atoms with Crippen molar-refractivity contribution < 1.29 is 18.5 Å². The fourth-order valence-electron chi connectivity index (χ4n) is 4.02. The number of esters is 1. The fourth-order valence-corrected chi connectivity index (χ4v) is 5.35. The summed E-state index contributed by atoms with van der Waals surface area (Å²) in [5.41, 5.74) is 2.44. The lowest BCUT2D eigenvalue weighted by molar-refractivity contribution is -0.139. The van der Waals surface area contributed by atoms with Gasteiger partial charge in [-0.1, -0.05) is 12.1 Å². The van der Waals surface area contributed by atoms with Gasteiger partial charge in [0, 0.05) is 37.5 Å². The van der Waals surface area contributed by atoms with E-state index < -0.39 is 10.8 Å². The van der Waals surface area contributed by atoms with Gasteiger partial charge in [0.15, 0.2) is 5.82 Å². The summed E-state index contributed by atoms with van der Waals surface area (Å²) < 4.78 is 17.5. The van der Waals surface area contributed by atoms with E-state index in [4.69, 9.17) is 14.7 Å². The number of hydrogen-bond acceptors (Lipinski definition) is 8. The molecule has 1 aromatic heterocycles. The Morgan fingerprint density at radius 3 is 2.75 bits per heavy atom. The van der Waals surface area contributed by atoms with Gasteiger partial charge in [-0.2, -0.15) is 4.98 Å². The minimum Gasteiger partial charge on any atom is -0.469 e. The molecule has 2 aliphatic heterocycles. The number of amides is 1. The molecule has 1 saturated heterocycles. The van der Waals surface area contributed by atoms with Crippen LogP contribution in [-0.4, -0.2) is 58.0 Å². The highest BCUT2D eigenvalue weighted by Gasteiger charge is 2.29. The molecule has 1 fully saturated rings. The van der Waals surface area contributed by atoms with Crippen molar-refractivity contribution in [2.75, 3.05) is 36.2 Å².